The van der Waals surface area contributed by atoms with Gasteiger partial charge in [-0.15, -0.1) is 0 Å². The molecule has 0 aliphatic carbocycles. The predicted molar refractivity (Wildman–Crippen MR) is 98.4 cm³/mol. The van der Waals surface area contributed by atoms with Crippen LogP contribution in [-0.4, -0.2) is 41.0 Å². The van der Waals surface area contributed by atoms with Crippen LogP contribution in [0.3, 0.4) is 0 Å². The summed E-state index contributed by atoms with van der Waals surface area (Å²) in [6, 6.07) is 12.9. The van der Waals surface area contributed by atoms with Gasteiger partial charge >= 0.3 is 6.18 Å². The number of halogens is 3. The number of fused-ring (bicyclic) bond motifs is 3. The molecule has 150 valence electrons. The van der Waals surface area contributed by atoms with Gasteiger partial charge in [-0.3, -0.25) is 9.59 Å². The fraction of sp³-hybridized carbons (Fsp3) is 0.333. The van der Waals surface area contributed by atoms with E-state index in [0.29, 0.717) is 6.54 Å². The maximum Gasteiger partial charge on any atom is 0.416 e. The number of alkyl halides is 3. The third-order valence-corrected chi connectivity index (χ3v) is 5.98. The highest BCUT2D eigenvalue weighted by Gasteiger charge is 2.62. The molecule has 2 aromatic carbocycles. The van der Waals surface area contributed by atoms with Crippen molar-refractivity contribution in [2.24, 2.45) is 5.92 Å². The Kier molecular flexibility index (Phi) is 4.04. The first-order chi connectivity index (χ1) is 13.9. The summed E-state index contributed by atoms with van der Waals surface area (Å²) < 4.78 is 39.4. The number of imide groups is 1. The van der Waals surface area contributed by atoms with E-state index < -0.39 is 35.5 Å². The van der Waals surface area contributed by atoms with Crippen LogP contribution in [-0.2, 0) is 15.8 Å². The van der Waals surface area contributed by atoms with Crippen LogP contribution in [0.2, 0.25) is 0 Å². The SMILES string of the molecule is O=C1[C@H]2[C@@H](C(=O)N1c1cccc(C(F)(F)F)c1)N1CCCN1[C@H]2c1ccccc1. The molecule has 0 unspecified atom stereocenters. The van der Waals surface area contributed by atoms with Crippen molar-refractivity contribution in [2.75, 3.05) is 18.0 Å². The molecule has 2 aromatic rings. The number of carbonyl (C=O) groups excluding carboxylic acids is 2. The quantitative estimate of drug-likeness (QED) is 0.725. The maximum absolute atomic E-state index is 13.3. The van der Waals surface area contributed by atoms with E-state index in [0.717, 1.165) is 35.6 Å². The third-order valence-electron chi connectivity index (χ3n) is 5.98. The maximum atomic E-state index is 13.3. The Morgan fingerprint density at radius 3 is 2.21 bits per heavy atom. The Morgan fingerprint density at radius 2 is 1.52 bits per heavy atom. The van der Waals surface area contributed by atoms with Crippen molar-refractivity contribution in [2.45, 2.75) is 24.7 Å². The topological polar surface area (TPSA) is 43.9 Å². The highest BCUT2D eigenvalue weighted by molar-refractivity contribution is 6.24. The number of hydrazine groups is 1. The third kappa shape index (κ3) is 2.70. The van der Waals surface area contributed by atoms with Crippen LogP contribution in [0.25, 0.3) is 0 Å². The van der Waals surface area contributed by atoms with Gasteiger partial charge in [0.1, 0.15) is 6.04 Å². The van der Waals surface area contributed by atoms with Crippen molar-refractivity contribution in [3.8, 4) is 0 Å². The summed E-state index contributed by atoms with van der Waals surface area (Å²) in [5.74, 6) is -1.54. The lowest BCUT2D eigenvalue weighted by molar-refractivity contribution is -0.137. The second-order valence-electron chi connectivity index (χ2n) is 7.57. The van der Waals surface area contributed by atoms with E-state index in [2.05, 4.69) is 5.01 Å². The van der Waals surface area contributed by atoms with Crippen LogP contribution in [0.5, 0.6) is 0 Å². The first-order valence-corrected chi connectivity index (χ1v) is 9.51. The lowest BCUT2D eigenvalue weighted by Crippen LogP contribution is -2.44. The van der Waals surface area contributed by atoms with Crippen LogP contribution in [0.4, 0.5) is 18.9 Å². The summed E-state index contributed by atoms with van der Waals surface area (Å²) >= 11 is 0. The monoisotopic (exact) mass is 401 g/mol. The molecule has 0 saturated carbocycles. The zero-order valence-corrected chi connectivity index (χ0v) is 15.3. The van der Waals surface area contributed by atoms with Crippen molar-refractivity contribution in [3.63, 3.8) is 0 Å². The highest BCUT2D eigenvalue weighted by atomic mass is 19.4. The average molecular weight is 401 g/mol. The molecule has 3 fully saturated rings. The number of anilines is 1. The molecule has 2 amide bonds. The number of amides is 2. The van der Waals surface area contributed by atoms with E-state index in [4.69, 9.17) is 0 Å². The minimum Gasteiger partial charge on any atom is -0.274 e. The summed E-state index contributed by atoms with van der Waals surface area (Å²) in [6.07, 6.45) is -3.67. The van der Waals surface area contributed by atoms with E-state index in [1.807, 2.05) is 35.3 Å². The number of nitrogens with zero attached hydrogens (tertiary/aromatic N) is 3. The molecule has 29 heavy (non-hydrogen) atoms. The van der Waals surface area contributed by atoms with Gasteiger partial charge in [0.2, 0.25) is 5.91 Å². The molecule has 3 atom stereocenters. The van der Waals surface area contributed by atoms with Gasteiger partial charge in [-0.25, -0.2) is 14.9 Å². The Morgan fingerprint density at radius 1 is 0.828 bits per heavy atom. The highest BCUT2D eigenvalue weighted by Crippen LogP contribution is 2.49. The molecule has 0 bridgehead atoms. The number of benzene rings is 2. The molecule has 0 N–H and O–H groups in total. The molecule has 5 rings (SSSR count). The van der Waals surface area contributed by atoms with Crippen molar-refractivity contribution in [1.82, 2.24) is 10.0 Å². The fourth-order valence-electron chi connectivity index (χ4n) is 4.84. The summed E-state index contributed by atoms with van der Waals surface area (Å²) in [6.45, 7) is 1.40. The standard InChI is InChI=1S/C21H18F3N3O2/c22-21(23,24)14-8-4-9-15(12-14)27-19(28)16-17(13-6-2-1-3-7-13)25-10-5-11-26(25)18(16)20(27)29/h1-4,6-9,12,16-18H,5,10-11H2/t16-,17+,18+/m1/s1. The molecule has 0 radical (unpaired) electrons. The van der Waals surface area contributed by atoms with Gasteiger partial charge in [0.25, 0.3) is 5.91 Å². The molecule has 0 aromatic heterocycles. The second-order valence-corrected chi connectivity index (χ2v) is 7.57. The molecule has 3 aliphatic rings. The molecule has 0 spiro atoms. The van der Waals surface area contributed by atoms with E-state index in [-0.39, 0.29) is 11.7 Å². The lowest BCUT2D eigenvalue weighted by Gasteiger charge is -2.29. The zero-order chi connectivity index (χ0) is 20.3. The molecule has 5 nitrogen and oxygen atoms in total. The number of rotatable bonds is 2. The van der Waals surface area contributed by atoms with E-state index in [9.17, 15) is 22.8 Å². The Bertz CT molecular complexity index is 979. The predicted octanol–water partition coefficient (Wildman–Crippen LogP) is 3.24. The van der Waals surface area contributed by atoms with Gasteiger partial charge < -0.3 is 0 Å². The first kappa shape index (κ1) is 18.3. The van der Waals surface area contributed by atoms with Crippen molar-refractivity contribution < 1.29 is 22.8 Å². The minimum atomic E-state index is -4.55. The van der Waals surface area contributed by atoms with Crippen molar-refractivity contribution in [3.05, 3.63) is 65.7 Å². The van der Waals surface area contributed by atoms with Crippen LogP contribution >= 0.6 is 0 Å². The average Bonchev–Trinajstić information content (AvgIpc) is 3.34. The molecule has 3 heterocycles. The van der Waals surface area contributed by atoms with E-state index in [1.165, 1.54) is 12.1 Å². The first-order valence-electron chi connectivity index (χ1n) is 9.51. The minimum absolute atomic E-state index is 0.0261. The van der Waals surface area contributed by atoms with Crippen LogP contribution < -0.4 is 4.90 Å². The normalized spacial score (nSPS) is 27.6. The lowest BCUT2D eigenvalue weighted by atomic mass is 9.90. The summed E-state index contributed by atoms with van der Waals surface area (Å²) in [7, 11) is 0. The number of hydrogen-bond donors (Lipinski definition) is 0. The Hall–Kier alpha value is -2.71. The van der Waals surface area contributed by atoms with Crippen molar-refractivity contribution >= 4 is 17.5 Å². The number of hydrogen-bond acceptors (Lipinski definition) is 4. The summed E-state index contributed by atoms with van der Waals surface area (Å²) in [5, 5.41) is 4.00. The van der Waals surface area contributed by atoms with E-state index >= 15 is 0 Å². The smallest absolute Gasteiger partial charge is 0.274 e. The molecule has 8 heteroatoms. The molecule has 3 aliphatic heterocycles. The van der Waals surface area contributed by atoms with Gasteiger partial charge in [-0.05, 0) is 30.2 Å². The van der Waals surface area contributed by atoms with Crippen LogP contribution in [0, 0.1) is 5.92 Å². The van der Waals surface area contributed by atoms with Crippen molar-refractivity contribution in [1.29, 1.82) is 0 Å². The summed E-state index contributed by atoms with van der Waals surface area (Å²) in [5.41, 5.74) is 0.0239. The van der Waals surface area contributed by atoms with Gasteiger partial charge in [0, 0.05) is 13.1 Å². The van der Waals surface area contributed by atoms with Gasteiger partial charge in [0.15, 0.2) is 0 Å². The number of carbonyl (C=O) groups is 2. The van der Waals surface area contributed by atoms with E-state index in [1.54, 1.807) is 0 Å². The van der Waals surface area contributed by atoms with Gasteiger partial charge in [-0.1, -0.05) is 36.4 Å². The van der Waals surface area contributed by atoms with Crippen LogP contribution in [0.15, 0.2) is 54.6 Å². The Balaban J connectivity index is 1.57. The molecular formula is C21H18F3N3O2. The molecule has 3 saturated heterocycles. The van der Waals surface area contributed by atoms with Gasteiger partial charge in [0.05, 0.1) is 23.2 Å². The zero-order valence-electron chi connectivity index (χ0n) is 15.3. The van der Waals surface area contributed by atoms with Crippen LogP contribution in [0.1, 0.15) is 23.6 Å². The molecular weight excluding hydrogens is 383 g/mol. The largest absolute Gasteiger partial charge is 0.416 e. The fourth-order valence-corrected chi connectivity index (χ4v) is 4.84. The van der Waals surface area contributed by atoms with Gasteiger partial charge in [-0.2, -0.15) is 13.2 Å². The summed E-state index contributed by atoms with van der Waals surface area (Å²) in [4.78, 5) is 27.5. The second kappa shape index (κ2) is 6.40. The Labute approximate surface area is 165 Å².